The van der Waals surface area contributed by atoms with Crippen LogP contribution >= 0.6 is 24.2 Å². The second kappa shape index (κ2) is 6.12. The molecule has 0 radical (unpaired) electrons. The molecule has 3 atom stereocenters. The number of thioether (sulfide) groups is 1. The molecule has 3 unspecified atom stereocenters. The summed E-state index contributed by atoms with van der Waals surface area (Å²) in [6, 6.07) is 0.727. The van der Waals surface area contributed by atoms with Gasteiger partial charge >= 0.3 is 0 Å². The number of carbonyl (C=O) groups is 1. The van der Waals surface area contributed by atoms with Crippen LogP contribution in [0.25, 0.3) is 0 Å². The molecule has 1 aliphatic heterocycles. The van der Waals surface area contributed by atoms with E-state index in [4.69, 9.17) is 5.73 Å². The molecule has 1 amide bonds. The lowest BCUT2D eigenvalue weighted by atomic mass is 10.1. The van der Waals surface area contributed by atoms with Gasteiger partial charge in [-0.3, -0.25) is 4.79 Å². The fourth-order valence-corrected chi connectivity index (χ4v) is 3.80. The van der Waals surface area contributed by atoms with Crippen LogP contribution in [0.3, 0.4) is 0 Å². The van der Waals surface area contributed by atoms with E-state index in [1.165, 1.54) is 5.75 Å². The molecule has 16 heavy (non-hydrogen) atoms. The number of amides is 1. The number of rotatable bonds is 2. The van der Waals surface area contributed by atoms with Gasteiger partial charge in [0.1, 0.15) is 0 Å². The normalized spacial score (nSPS) is 33.5. The first kappa shape index (κ1) is 14.1. The smallest absolute Gasteiger partial charge is 0.225 e. The highest BCUT2D eigenvalue weighted by Gasteiger charge is 2.33. The molecule has 1 saturated heterocycles. The lowest BCUT2D eigenvalue weighted by molar-refractivity contribution is -0.135. The number of carbonyl (C=O) groups excluding carboxylic acids is 1. The van der Waals surface area contributed by atoms with E-state index in [0.717, 1.165) is 31.4 Å². The Morgan fingerprint density at radius 2 is 2.12 bits per heavy atom. The summed E-state index contributed by atoms with van der Waals surface area (Å²) in [6.45, 7) is 0. The highest BCUT2D eigenvalue weighted by Crippen LogP contribution is 2.28. The Balaban J connectivity index is 0.00000128. The second-order valence-corrected chi connectivity index (χ2v) is 5.89. The lowest BCUT2D eigenvalue weighted by Gasteiger charge is -2.26. The van der Waals surface area contributed by atoms with E-state index in [2.05, 4.69) is 0 Å². The lowest BCUT2D eigenvalue weighted by Crippen LogP contribution is -2.40. The number of hydrogen-bond donors (Lipinski definition) is 1. The average Bonchev–Trinajstić information content (AvgIpc) is 2.85. The van der Waals surface area contributed by atoms with Gasteiger partial charge in [0.25, 0.3) is 0 Å². The summed E-state index contributed by atoms with van der Waals surface area (Å²) in [4.78, 5) is 14.1. The average molecular weight is 265 g/mol. The molecule has 1 heterocycles. The SMILES string of the molecule is CN(C(=O)C1CCC(N)C1)C1CCSC1.Cl. The van der Waals surface area contributed by atoms with Gasteiger partial charge in [-0.05, 0) is 31.4 Å². The fraction of sp³-hybridized carbons (Fsp3) is 0.909. The van der Waals surface area contributed by atoms with E-state index >= 15 is 0 Å². The minimum absolute atomic E-state index is 0. The fourth-order valence-electron chi connectivity index (χ4n) is 2.54. The van der Waals surface area contributed by atoms with E-state index in [1.807, 2.05) is 23.7 Å². The summed E-state index contributed by atoms with van der Waals surface area (Å²) in [7, 11) is 1.96. The number of halogens is 1. The summed E-state index contributed by atoms with van der Waals surface area (Å²) in [6.07, 6.45) is 4.06. The van der Waals surface area contributed by atoms with E-state index in [-0.39, 0.29) is 24.4 Å². The molecule has 0 aromatic rings. The zero-order valence-corrected chi connectivity index (χ0v) is 11.4. The summed E-state index contributed by atoms with van der Waals surface area (Å²) < 4.78 is 0. The van der Waals surface area contributed by atoms with Crippen molar-refractivity contribution in [1.29, 1.82) is 0 Å². The van der Waals surface area contributed by atoms with Crippen molar-refractivity contribution in [2.75, 3.05) is 18.6 Å². The molecule has 1 aliphatic carbocycles. The van der Waals surface area contributed by atoms with Crippen LogP contribution in [-0.2, 0) is 4.79 Å². The standard InChI is InChI=1S/C11H20N2OS.ClH/c1-13(10-4-5-15-7-10)11(14)8-2-3-9(12)6-8;/h8-10H,2-7,12H2,1H3;1H. The maximum Gasteiger partial charge on any atom is 0.225 e. The Kier molecular flexibility index (Phi) is 5.41. The molecule has 5 heteroatoms. The van der Waals surface area contributed by atoms with Crippen LogP contribution in [0.4, 0.5) is 0 Å². The van der Waals surface area contributed by atoms with Gasteiger partial charge in [0.2, 0.25) is 5.91 Å². The molecule has 2 aliphatic rings. The first-order valence-corrected chi connectivity index (χ1v) is 6.94. The van der Waals surface area contributed by atoms with Gasteiger partial charge in [-0.15, -0.1) is 12.4 Å². The Hall–Kier alpha value is 0.0700. The van der Waals surface area contributed by atoms with Crippen LogP contribution in [0.15, 0.2) is 0 Å². The van der Waals surface area contributed by atoms with Crippen molar-refractivity contribution < 1.29 is 4.79 Å². The van der Waals surface area contributed by atoms with Gasteiger partial charge in [-0.2, -0.15) is 11.8 Å². The zero-order valence-electron chi connectivity index (χ0n) is 9.72. The third-order valence-corrected chi connectivity index (χ3v) is 4.77. The molecule has 0 aromatic heterocycles. The first-order valence-electron chi connectivity index (χ1n) is 5.78. The zero-order chi connectivity index (χ0) is 10.8. The van der Waals surface area contributed by atoms with Gasteiger partial charge in [-0.25, -0.2) is 0 Å². The Labute approximate surface area is 108 Å². The van der Waals surface area contributed by atoms with E-state index < -0.39 is 0 Å². The molecule has 0 spiro atoms. The Morgan fingerprint density at radius 1 is 1.38 bits per heavy atom. The van der Waals surface area contributed by atoms with Crippen molar-refractivity contribution in [3.8, 4) is 0 Å². The Morgan fingerprint density at radius 3 is 2.62 bits per heavy atom. The van der Waals surface area contributed by atoms with E-state index in [9.17, 15) is 4.79 Å². The van der Waals surface area contributed by atoms with Gasteiger partial charge in [0.05, 0.1) is 0 Å². The van der Waals surface area contributed by atoms with Crippen LogP contribution in [-0.4, -0.2) is 41.4 Å². The van der Waals surface area contributed by atoms with Crippen LogP contribution in [0, 0.1) is 5.92 Å². The summed E-state index contributed by atoms with van der Waals surface area (Å²) in [5.41, 5.74) is 5.84. The number of nitrogens with zero attached hydrogens (tertiary/aromatic N) is 1. The molecule has 1 saturated carbocycles. The third kappa shape index (κ3) is 3.05. The molecule has 3 nitrogen and oxygen atoms in total. The minimum atomic E-state index is 0. The van der Waals surface area contributed by atoms with Crippen molar-refractivity contribution in [2.45, 2.75) is 37.8 Å². The third-order valence-electron chi connectivity index (χ3n) is 3.62. The van der Waals surface area contributed by atoms with Gasteiger partial charge in [0.15, 0.2) is 0 Å². The molecule has 2 rings (SSSR count). The highest BCUT2D eigenvalue weighted by atomic mass is 35.5. The van der Waals surface area contributed by atoms with Crippen LogP contribution in [0.2, 0.25) is 0 Å². The predicted octanol–water partition coefficient (Wildman–Crippen LogP) is 1.50. The maximum atomic E-state index is 12.1. The summed E-state index contributed by atoms with van der Waals surface area (Å²) in [5, 5.41) is 0. The minimum Gasteiger partial charge on any atom is -0.342 e. The quantitative estimate of drug-likeness (QED) is 0.822. The molecule has 2 N–H and O–H groups in total. The van der Waals surface area contributed by atoms with Crippen molar-refractivity contribution >= 4 is 30.1 Å². The molecule has 0 aromatic carbocycles. The topological polar surface area (TPSA) is 46.3 Å². The number of hydrogen-bond acceptors (Lipinski definition) is 3. The van der Waals surface area contributed by atoms with Gasteiger partial charge in [-0.1, -0.05) is 0 Å². The molecule has 2 fully saturated rings. The van der Waals surface area contributed by atoms with Crippen LogP contribution in [0.1, 0.15) is 25.7 Å². The number of nitrogens with two attached hydrogens (primary N) is 1. The molecule has 94 valence electrons. The molecular formula is C11H21ClN2OS. The monoisotopic (exact) mass is 264 g/mol. The van der Waals surface area contributed by atoms with Crippen LogP contribution in [0.5, 0.6) is 0 Å². The largest absolute Gasteiger partial charge is 0.342 e. The molecule has 0 bridgehead atoms. The maximum absolute atomic E-state index is 12.1. The van der Waals surface area contributed by atoms with Gasteiger partial charge in [0, 0.05) is 30.8 Å². The van der Waals surface area contributed by atoms with Crippen molar-refractivity contribution in [3.63, 3.8) is 0 Å². The van der Waals surface area contributed by atoms with Crippen molar-refractivity contribution in [2.24, 2.45) is 11.7 Å². The van der Waals surface area contributed by atoms with Gasteiger partial charge < -0.3 is 10.6 Å². The predicted molar refractivity (Wildman–Crippen MR) is 71.1 cm³/mol. The second-order valence-electron chi connectivity index (χ2n) is 4.74. The Bertz CT molecular complexity index is 246. The summed E-state index contributed by atoms with van der Waals surface area (Å²) in [5.74, 6) is 2.85. The van der Waals surface area contributed by atoms with Crippen molar-refractivity contribution in [1.82, 2.24) is 4.90 Å². The first-order chi connectivity index (χ1) is 7.18. The summed E-state index contributed by atoms with van der Waals surface area (Å²) >= 11 is 1.95. The van der Waals surface area contributed by atoms with E-state index in [0.29, 0.717) is 11.9 Å². The van der Waals surface area contributed by atoms with E-state index in [1.54, 1.807) is 0 Å². The molecular weight excluding hydrogens is 244 g/mol. The van der Waals surface area contributed by atoms with Crippen LogP contribution < -0.4 is 5.73 Å². The van der Waals surface area contributed by atoms with Crippen molar-refractivity contribution in [3.05, 3.63) is 0 Å². The highest BCUT2D eigenvalue weighted by molar-refractivity contribution is 7.99.